The second kappa shape index (κ2) is 7.65. The molecule has 0 saturated heterocycles. The number of hydrogen-bond acceptors (Lipinski definition) is 4. The summed E-state index contributed by atoms with van der Waals surface area (Å²) in [7, 11) is 0. The zero-order valence-corrected chi connectivity index (χ0v) is 10.2. The maximum Gasteiger partial charge on any atom is 0.305 e. The van der Waals surface area contributed by atoms with E-state index in [0.29, 0.717) is 6.42 Å². The van der Waals surface area contributed by atoms with E-state index in [1.54, 1.807) is 0 Å². The van der Waals surface area contributed by atoms with E-state index >= 15 is 0 Å². The molecule has 90 valence electrons. The number of carbonyl (C=O) groups is 1. The van der Waals surface area contributed by atoms with E-state index in [-0.39, 0.29) is 24.8 Å². The number of hydrogen-bond donors (Lipinski definition) is 0. The van der Waals surface area contributed by atoms with Crippen LogP contribution in [0.15, 0.2) is 0 Å². The zero-order chi connectivity index (χ0) is 11.7. The van der Waals surface area contributed by atoms with Crippen LogP contribution in [0.25, 0.3) is 0 Å². The van der Waals surface area contributed by atoms with Gasteiger partial charge in [0.15, 0.2) is 0 Å². The van der Waals surface area contributed by atoms with Crippen LogP contribution in [0, 0.1) is 0 Å². The Balaban J connectivity index is 3.36. The fourth-order valence-electron chi connectivity index (χ4n) is 0.726. The zero-order valence-electron chi connectivity index (χ0n) is 10.2. The van der Waals surface area contributed by atoms with Gasteiger partial charge in [0.25, 0.3) is 0 Å². The molecule has 0 aromatic rings. The van der Waals surface area contributed by atoms with E-state index in [2.05, 4.69) is 0 Å². The summed E-state index contributed by atoms with van der Waals surface area (Å²) in [5, 5.41) is 0. The Hall–Kier alpha value is -0.610. The minimum atomic E-state index is -0.284. The smallest absolute Gasteiger partial charge is 0.305 e. The molecule has 0 heterocycles. The maximum absolute atomic E-state index is 10.9. The Morgan fingerprint density at radius 3 is 2.40 bits per heavy atom. The van der Waals surface area contributed by atoms with Crippen LogP contribution >= 0.6 is 0 Å². The van der Waals surface area contributed by atoms with Crippen LogP contribution in [-0.4, -0.2) is 24.8 Å². The summed E-state index contributed by atoms with van der Waals surface area (Å²) in [5.74, 6) is -0.184. The first-order valence-corrected chi connectivity index (χ1v) is 5.48. The highest BCUT2D eigenvalue weighted by atomic mass is 17.2. The van der Waals surface area contributed by atoms with Crippen LogP contribution in [0.2, 0.25) is 0 Å². The molecule has 0 aliphatic carbocycles. The second-order valence-corrected chi connectivity index (χ2v) is 3.99. The molecular weight excluding hydrogens is 196 g/mol. The minimum Gasteiger partial charge on any atom is -0.463 e. The molecule has 15 heavy (non-hydrogen) atoms. The predicted molar refractivity (Wildman–Crippen MR) is 57.3 cm³/mol. The molecule has 0 unspecified atom stereocenters. The van der Waals surface area contributed by atoms with Gasteiger partial charge in [-0.1, -0.05) is 13.8 Å². The lowest BCUT2D eigenvalue weighted by molar-refractivity contribution is -0.355. The largest absolute Gasteiger partial charge is 0.463 e. The van der Waals surface area contributed by atoms with E-state index in [9.17, 15) is 4.79 Å². The first kappa shape index (κ1) is 14.4. The third-order valence-corrected chi connectivity index (χ3v) is 2.02. The Morgan fingerprint density at radius 2 is 1.87 bits per heavy atom. The SMILES string of the molecule is CCCC(=O)OCCOOC(C)(C)CC. The fraction of sp³-hybridized carbons (Fsp3) is 0.909. The third kappa shape index (κ3) is 8.39. The van der Waals surface area contributed by atoms with Crippen molar-refractivity contribution >= 4 is 5.97 Å². The molecule has 4 nitrogen and oxygen atoms in total. The second-order valence-electron chi connectivity index (χ2n) is 3.99. The molecule has 0 rings (SSSR count). The predicted octanol–water partition coefficient (Wildman–Crippen LogP) is 2.47. The summed E-state index contributed by atoms with van der Waals surface area (Å²) in [6, 6.07) is 0. The van der Waals surface area contributed by atoms with E-state index in [1.807, 2.05) is 27.7 Å². The standard InChI is InChI=1S/C11H22O4/c1-5-7-10(12)13-8-9-14-15-11(3,4)6-2/h5-9H2,1-4H3. The summed E-state index contributed by atoms with van der Waals surface area (Å²) in [5.41, 5.74) is -0.284. The average molecular weight is 218 g/mol. The van der Waals surface area contributed by atoms with Crippen LogP contribution in [0.4, 0.5) is 0 Å². The van der Waals surface area contributed by atoms with Gasteiger partial charge in [0.05, 0.1) is 5.60 Å². The molecule has 0 fully saturated rings. The molecule has 0 atom stereocenters. The Labute approximate surface area is 91.8 Å². The van der Waals surface area contributed by atoms with Crippen LogP contribution < -0.4 is 0 Å². The van der Waals surface area contributed by atoms with Gasteiger partial charge in [-0.2, -0.15) is 0 Å². The van der Waals surface area contributed by atoms with Gasteiger partial charge in [-0.25, -0.2) is 9.78 Å². The molecule has 4 heteroatoms. The summed E-state index contributed by atoms with van der Waals surface area (Å²) in [6.07, 6.45) is 2.13. The molecule has 0 N–H and O–H groups in total. The number of carbonyl (C=O) groups excluding carboxylic acids is 1. The van der Waals surface area contributed by atoms with Crippen molar-refractivity contribution in [1.29, 1.82) is 0 Å². The Kier molecular flexibility index (Phi) is 7.34. The molecule has 0 bridgehead atoms. The highest BCUT2D eigenvalue weighted by molar-refractivity contribution is 5.69. The fourth-order valence-corrected chi connectivity index (χ4v) is 0.726. The molecule has 0 aliphatic rings. The molecule has 0 aromatic heterocycles. The van der Waals surface area contributed by atoms with E-state index in [0.717, 1.165) is 12.8 Å². The number of rotatable bonds is 8. The van der Waals surface area contributed by atoms with Crippen LogP contribution in [0.1, 0.15) is 47.0 Å². The number of esters is 1. The van der Waals surface area contributed by atoms with Crippen molar-refractivity contribution < 1.29 is 19.3 Å². The van der Waals surface area contributed by atoms with Gasteiger partial charge in [0, 0.05) is 6.42 Å². The monoisotopic (exact) mass is 218 g/mol. The third-order valence-electron chi connectivity index (χ3n) is 2.02. The first-order valence-electron chi connectivity index (χ1n) is 5.48. The molecule has 0 aliphatic heterocycles. The van der Waals surface area contributed by atoms with Gasteiger partial charge in [-0.15, -0.1) is 0 Å². The van der Waals surface area contributed by atoms with Crippen molar-refractivity contribution in [2.24, 2.45) is 0 Å². The quantitative estimate of drug-likeness (QED) is 0.272. The van der Waals surface area contributed by atoms with Gasteiger partial charge in [-0.05, 0) is 26.7 Å². The van der Waals surface area contributed by atoms with E-state index < -0.39 is 0 Å². The molecule has 0 saturated carbocycles. The first-order chi connectivity index (χ1) is 7.02. The van der Waals surface area contributed by atoms with Crippen molar-refractivity contribution in [3.8, 4) is 0 Å². The Morgan fingerprint density at radius 1 is 1.20 bits per heavy atom. The van der Waals surface area contributed by atoms with Crippen LogP contribution in [0.3, 0.4) is 0 Å². The normalized spacial score (nSPS) is 11.5. The molecule has 0 amide bonds. The van der Waals surface area contributed by atoms with Crippen LogP contribution in [0.5, 0.6) is 0 Å². The maximum atomic E-state index is 10.9. The lowest BCUT2D eigenvalue weighted by Crippen LogP contribution is -2.24. The Bertz CT molecular complexity index is 177. The van der Waals surface area contributed by atoms with Crippen molar-refractivity contribution in [3.05, 3.63) is 0 Å². The molecule has 0 spiro atoms. The van der Waals surface area contributed by atoms with Gasteiger partial charge >= 0.3 is 5.97 Å². The lowest BCUT2D eigenvalue weighted by Gasteiger charge is -2.21. The molecular formula is C11H22O4. The highest BCUT2D eigenvalue weighted by Gasteiger charge is 2.16. The van der Waals surface area contributed by atoms with Crippen LogP contribution in [-0.2, 0) is 19.3 Å². The van der Waals surface area contributed by atoms with Gasteiger partial charge in [0.2, 0.25) is 0 Å². The molecule has 0 radical (unpaired) electrons. The number of ether oxygens (including phenoxy) is 1. The summed E-state index contributed by atoms with van der Waals surface area (Å²) < 4.78 is 4.89. The van der Waals surface area contributed by atoms with Crippen molar-refractivity contribution in [3.63, 3.8) is 0 Å². The summed E-state index contributed by atoms with van der Waals surface area (Å²) >= 11 is 0. The topological polar surface area (TPSA) is 44.8 Å². The van der Waals surface area contributed by atoms with Crippen molar-refractivity contribution in [2.45, 2.75) is 52.6 Å². The minimum absolute atomic E-state index is 0.184. The highest BCUT2D eigenvalue weighted by Crippen LogP contribution is 2.13. The van der Waals surface area contributed by atoms with Gasteiger partial charge < -0.3 is 4.74 Å². The summed E-state index contributed by atoms with van der Waals surface area (Å²) in [4.78, 5) is 21.0. The summed E-state index contributed by atoms with van der Waals surface area (Å²) in [6.45, 7) is 8.36. The lowest BCUT2D eigenvalue weighted by atomic mass is 10.1. The van der Waals surface area contributed by atoms with Crippen molar-refractivity contribution in [2.75, 3.05) is 13.2 Å². The van der Waals surface area contributed by atoms with E-state index in [4.69, 9.17) is 14.5 Å². The van der Waals surface area contributed by atoms with Gasteiger partial charge in [0.1, 0.15) is 13.2 Å². The van der Waals surface area contributed by atoms with Gasteiger partial charge in [-0.3, -0.25) is 4.79 Å². The molecule has 0 aromatic carbocycles. The van der Waals surface area contributed by atoms with E-state index in [1.165, 1.54) is 0 Å². The van der Waals surface area contributed by atoms with Crippen molar-refractivity contribution in [1.82, 2.24) is 0 Å². The average Bonchev–Trinajstić information content (AvgIpc) is 2.17.